The maximum absolute atomic E-state index is 12.8. The van der Waals surface area contributed by atoms with E-state index in [1.54, 1.807) is 12.1 Å². The summed E-state index contributed by atoms with van der Waals surface area (Å²) in [6.45, 7) is 1.57. The highest BCUT2D eigenvalue weighted by atomic mass is 16.7. The van der Waals surface area contributed by atoms with Crippen LogP contribution in [0.1, 0.15) is 29.3 Å². The van der Waals surface area contributed by atoms with Gasteiger partial charge in [0.1, 0.15) is 6.04 Å². The maximum Gasteiger partial charge on any atom is 0.325 e. The van der Waals surface area contributed by atoms with Gasteiger partial charge in [-0.25, -0.2) is 0 Å². The van der Waals surface area contributed by atoms with Gasteiger partial charge in [-0.3, -0.25) is 9.59 Å². The van der Waals surface area contributed by atoms with Crippen molar-refractivity contribution in [3.63, 3.8) is 0 Å². The third kappa shape index (κ3) is 3.74. The first-order valence-corrected chi connectivity index (χ1v) is 8.05. The van der Waals surface area contributed by atoms with E-state index < -0.39 is 12.0 Å². The molecule has 6 heteroatoms. The van der Waals surface area contributed by atoms with Crippen LogP contribution in [0.3, 0.4) is 0 Å². The number of aliphatic carboxylic acids is 1. The molecule has 0 aliphatic carbocycles. The fourth-order valence-corrected chi connectivity index (χ4v) is 2.69. The van der Waals surface area contributed by atoms with E-state index in [0.717, 1.165) is 5.56 Å². The number of carbonyl (C=O) groups excluding carboxylic acids is 1. The van der Waals surface area contributed by atoms with Crippen LogP contribution in [0, 0.1) is 0 Å². The minimum absolute atomic E-state index is 0.0479. The molecule has 0 aromatic heterocycles. The molecule has 0 unspecified atom stereocenters. The molecule has 0 saturated carbocycles. The summed E-state index contributed by atoms with van der Waals surface area (Å²) in [6, 6.07) is 12.2. The van der Waals surface area contributed by atoms with Crippen molar-refractivity contribution < 1.29 is 24.2 Å². The van der Waals surface area contributed by atoms with Crippen molar-refractivity contribution in [2.45, 2.75) is 25.8 Å². The van der Waals surface area contributed by atoms with Crippen LogP contribution >= 0.6 is 0 Å². The SMILES string of the molecule is C[C@H](Nc1ccc2c(c1C(=O)CCc1ccccc1)OCO2)C(=O)O. The molecular weight excluding hydrogens is 322 g/mol. The molecule has 0 bridgehead atoms. The summed E-state index contributed by atoms with van der Waals surface area (Å²) in [5.41, 5.74) is 1.85. The first-order chi connectivity index (χ1) is 12.1. The lowest BCUT2D eigenvalue weighted by molar-refractivity contribution is -0.137. The molecule has 2 N–H and O–H groups in total. The minimum atomic E-state index is -1.000. The first kappa shape index (κ1) is 16.8. The summed E-state index contributed by atoms with van der Waals surface area (Å²) in [5.74, 6) is -0.246. The molecule has 6 nitrogen and oxygen atoms in total. The molecular formula is C19H19NO5. The lowest BCUT2D eigenvalue weighted by Gasteiger charge is -2.16. The van der Waals surface area contributed by atoms with Crippen molar-refractivity contribution in [1.82, 2.24) is 0 Å². The van der Waals surface area contributed by atoms with Gasteiger partial charge in [0.25, 0.3) is 0 Å². The molecule has 0 spiro atoms. The smallest absolute Gasteiger partial charge is 0.325 e. The third-order valence-electron chi connectivity index (χ3n) is 4.04. The molecule has 1 heterocycles. The number of anilines is 1. The predicted molar refractivity (Wildman–Crippen MR) is 92.4 cm³/mol. The van der Waals surface area contributed by atoms with Crippen molar-refractivity contribution in [2.75, 3.05) is 12.1 Å². The van der Waals surface area contributed by atoms with Crippen molar-refractivity contribution in [2.24, 2.45) is 0 Å². The molecule has 2 aromatic carbocycles. The van der Waals surface area contributed by atoms with E-state index in [0.29, 0.717) is 35.6 Å². The van der Waals surface area contributed by atoms with Gasteiger partial charge in [0, 0.05) is 12.1 Å². The largest absolute Gasteiger partial charge is 0.480 e. The highest BCUT2D eigenvalue weighted by molar-refractivity contribution is 6.05. The van der Waals surface area contributed by atoms with Gasteiger partial charge in [0.15, 0.2) is 17.3 Å². The van der Waals surface area contributed by atoms with Gasteiger partial charge in [-0.15, -0.1) is 0 Å². The molecule has 0 radical (unpaired) electrons. The van der Waals surface area contributed by atoms with Crippen LogP contribution in [-0.4, -0.2) is 29.7 Å². The number of ketones is 1. The number of hydrogen-bond acceptors (Lipinski definition) is 5. The third-order valence-corrected chi connectivity index (χ3v) is 4.04. The number of fused-ring (bicyclic) bond motifs is 1. The summed E-state index contributed by atoms with van der Waals surface area (Å²) in [5, 5.41) is 12.0. The Kier molecular flexibility index (Phi) is 4.88. The summed E-state index contributed by atoms with van der Waals surface area (Å²) < 4.78 is 10.8. The number of rotatable bonds is 7. The number of benzene rings is 2. The van der Waals surface area contributed by atoms with Crippen LogP contribution in [0.5, 0.6) is 11.5 Å². The average Bonchev–Trinajstić information content (AvgIpc) is 3.08. The van der Waals surface area contributed by atoms with Crippen LogP contribution in [0.2, 0.25) is 0 Å². The Balaban J connectivity index is 1.86. The standard InChI is InChI=1S/C19H19NO5/c1-12(19(22)23)20-14-8-10-16-18(25-11-24-16)17(14)15(21)9-7-13-5-3-2-4-6-13/h2-6,8,10,12,20H,7,9,11H2,1H3,(H,22,23)/t12-/m0/s1. The fraction of sp³-hybridized carbons (Fsp3) is 0.263. The molecule has 1 aliphatic heterocycles. The lowest BCUT2D eigenvalue weighted by Crippen LogP contribution is -2.26. The Morgan fingerprint density at radius 1 is 1.16 bits per heavy atom. The summed E-state index contributed by atoms with van der Waals surface area (Å²) in [4.78, 5) is 24.0. The van der Waals surface area contributed by atoms with Gasteiger partial charge in [-0.2, -0.15) is 0 Å². The van der Waals surface area contributed by atoms with E-state index in [1.165, 1.54) is 6.92 Å². The summed E-state index contributed by atoms with van der Waals surface area (Å²) in [6.07, 6.45) is 0.887. The van der Waals surface area contributed by atoms with Crippen molar-refractivity contribution >= 4 is 17.4 Å². The normalized spacial score (nSPS) is 13.3. The minimum Gasteiger partial charge on any atom is -0.480 e. The number of aryl methyl sites for hydroxylation is 1. The number of ether oxygens (including phenoxy) is 2. The maximum atomic E-state index is 12.8. The number of nitrogens with one attached hydrogen (secondary N) is 1. The number of carbonyl (C=O) groups is 2. The van der Waals surface area contributed by atoms with Crippen molar-refractivity contribution in [1.29, 1.82) is 0 Å². The second-order valence-electron chi connectivity index (χ2n) is 5.83. The van der Waals surface area contributed by atoms with Crippen LogP contribution in [0.4, 0.5) is 5.69 Å². The second kappa shape index (κ2) is 7.25. The lowest BCUT2D eigenvalue weighted by atomic mass is 9.99. The van der Waals surface area contributed by atoms with E-state index in [2.05, 4.69) is 5.32 Å². The number of hydrogen-bond donors (Lipinski definition) is 2. The Hall–Kier alpha value is -3.02. The van der Waals surface area contributed by atoms with Gasteiger partial charge in [0.05, 0.1) is 5.56 Å². The molecule has 3 rings (SSSR count). The predicted octanol–water partition coefficient (Wildman–Crippen LogP) is 3.12. The van der Waals surface area contributed by atoms with Gasteiger partial charge in [-0.1, -0.05) is 30.3 Å². The zero-order chi connectivity index (χ0) is 17.8. The average molecular weight is 341 g/mol. The Labute approximate surface area is 145 Å². The molecule has 25 heavy (non-hydrogen) atoms. The van der Waals surface area contributed by atoms with Crippen molar-refractivity contribution in [3.05, 3.63) is 53.6 Å². The van der Waals surface area contributed by atoms with Crippen LogP contribution in [0.25, 0.3) is 0 Å². The number of carboxylic acids is 1. The fourth-order valence-electron chi connectivity index (χ4n) is 2.69. The van der Waals surface area contributed by atoms with E-state index >= 15 is 0 Å². The van der Waals surface area contributed by atoms with Gasteiger partial charge in [-0.05, 0) is 31.0 Å². The highest BCUT2D eigenvalue weighted by Crippen LogP contribution is 2.40. The van der Waals surface area contributed by atoms with E-state index in [4.69, 9.17) is 14.6 Å². The van der Waals surface area contributed by atoms with Crippen LogP contribution in [0.15, 0.2) is 42.5 Å². The van der Waals surface area contributed by atoms with Crippen LogP contribution in [-0.2, 0) is 11.2 Å². The Bertz CT molecular complexity index is 788. The number of Topliss-reactive ketones (excluding diaryl/α,β-unsaturated/α-hetero) is 1. The number of carboxylic acid groups (broad SMARTS) is 1. The van der Waals surface area contributed by atoms with Gasteiger partial charge >= 0.3 is 5.97 Å². The molecule has 1 aliphatic rings. The zero-order valence-corrected chi connectivity index (χ0v) is 13.8. The monoisotopic (exact) mass is 341 g/mol. The summed E-state index contributed by atoms with van der Waals surface area (Å²) in [7, 11) is 0. The second-order valence-corrected chi connectivity index (χ2v) is 5.83. The van der Waals surface area contributed by atoms with Gasteiger partial charge in [0.2, 0.25) is 6.79 Å². The first-order valence-electron chi connectivity index (χ1n) is 8.05. The quantitative estimate of drug-likeness (QED) is 0.753. The van der Waals surface area contributed by atoms with Crippen LogP contribution < -0.4 is 14.8 Å². The van der Waals surface area contributed by atoms with E-state index in [9.17, 15) is 9.59 Å². The van der Waals surface area contributed by atoms with Crippen molar-refractivity contribution in [3.8, 4) is 11.5 Å². The van der Waals surface area contributed by atoms with E-state index in [-0.39, 0.29) is 12.6 Å². The molecule has 130 valence electrons. The summed E-state index contributed by atoms with van der Waals surface area (Å²) >= 11 is 0. The molecule has 0 amide bonds. The topological polar surface area (TPSA) is 84.9 Å². The zero-order valence-electron chi connectivity index (χ0n) is 13.8. The van der Waals surface area contributed by atoms with Gasteiger partial charge < -0.3 is 19.9 Å². The van der Waals surface area contributed by atoms with E-state index in [1.807, 2.05) is 30.3 Å². The molecule has 2 aromatic rings. The molecule has 1 atom stereocenters. The highest BCUT2D eigenvalue weighted by Gasteiger charge is 2.26. The molecule has 0 fully saturated rings. The molecule has 0 saturated heterocycles. The Morgan fingerprint density at radius 3 is 2.64 bits per heavy atom. The Morgan fingerprint density at radius 2 is 1.92 bits per heavy atom.